The molecule has 0 saturated carbocycles. The summed E-state index contributed by atoms with van der Waals surface area (Å²) in [6.45, 7) is 6.10. The van der Waals surface area contributed by atoms with Crippen LogP contribution in [-0.4, -0.2) is 17.2 Å². The zero-order valence-corrected chi connectivity index (χ0v) is 11.8. The lowest BCUT2D eigenvalue weighted by molar-refractivity contribution is 0.217. The maximum atomic E-state index is 10.6. The monoisotopic (exact) mass is 257 g/mol. The van der Waals surface area contributed by atoms with Gasteiger partial charge in [-0.1, -0.05) is 17.7 Å². The van der Waals surface area contributed by atoms with Crippen LogP contribution in [0.2, 0.25) is 0 Å². The molecule has 0 radical (unpaired) electrons. The van der Waals surface area contributed by atoms with Crippen molar-refractivity contribution in [1.29, 1.82) is 0 Å². The molecule has 0 aliphatic rings. The fraction of sp³-hybridized carbons (Fsp3) is 0.312. The molecule has 1 aromatic carbocycles. The van der Waals surface area contributed by atoms with E-state index >= 15 is 0 Å². The standard InChI is InChI=1S/C16H19NO2/c1-10-5-11(2)15(12(3)6-10)16(18)13-7-14(19-4)9-17-8-13/h5-9,16,18H,1-4H3. The third kappa shape index (κ3) is 2.76. The molecular formula is C16H19NO2. The first-order chi connectivity index (χ1) is 9.02. The van der Waals surface area contributed by atoms with Crippen LogP contribution in [0, 0.1) is 20.8 Å². The Kier molecular flexibility index (Phi) is 3.86. The molecule has 1 atom stereocenters. The Labute approximate surface area is 113 Å². The van der Waals surface area contributed by atoms with E-state index in [9.17, 15) is 5.11 Å². The maximum absolute atomic E-state index is 10.6. The third-order valence-electron chi connectivity index (χ3n) is 3.30. The van der Waals surface area contributed by atoms with Crippen molar-refractivity contribution in [3.8, 4) is 5.75 Å². The van der Waals surface area contributed by atoms with Crippen molar-refractivity contribution in [1.82, 2.24) is 4.98 Å². The molecule has 0 aliphatic heterocycles. The fourth-order valence-corrected chi connectivity index (χ4v) is 2.49. The molecule has 3 heteroatoms. The summed E-state index contributed by atoms with van der Waals surface area (Å²) >= 11 is 0. The van der Waals surface area contributed by atoms with E-state index in [2.05, 4.69) is 24.0 Å². The smallest absolute Gasteiger partial charge is 0.137 e. The first-order valence-corrected chi connectivity index (χ1v) is 6.27. The largest absolute Gasteiger partial charge is 0.495 e. The van der Waals surface area contributed by atoms with Gasteiger partial charge in [-0.05, 0) is 43.5 Å². The summed E-state index contributed by atoms with van der Waals surface area (Å²) in [6, 6.07) is 5.98. The van der Waals surface area contributed by atoms with Crippen LogP contribution in [0.3, 0.4) is 0 Å². The molecule has 1 unspecified atom stereocenters. The van der Waals surface area contributed by atoms with Crippen LogP contribution in [0.4, 0.5) is 0 Å². The molecule has 3 nitrogen and oxygen atoms in total. The van der Waals surface area contributed by atoms with Crippen LogP contribution in [0.15, 0.2) is 30.6 Å². The SMILES string of the molecule is COc1cncc(C(O)c2c(C)cc(C)cc2C)c1. The van der Waals surface area contributed by atoms with E-state index in [-0.39, 0.29) is 0 Å². The Morgan fingerprint density at radius 3 is 2.26 bits per heavy atom. The molecule has 1 heterocycles. The van der Waals surface area contributed by atoms with Gasteiger partial charge < -0.3 is 9.84 Å². The van der Waals surface area contributed by atoms with Gasteiger partial charge in [0.15, 0.2) is 0 Å². The Bertz CT molecular complexity index is 570. The lowest BCUT2D eigenvalue weighted by atomic mass is 9.92. The molecule has 2 aromatic rings. The number of aliphatic hydroxyl groups excluding tert-OH is 1. The average molecular weight is 257 g/mol. The van der Waals surface area contributed by atoms with Gasteiger partial charge in [-0.25, -0.2) is 0 Å². The van der Waals surface area contributed by atoms with E-state index in [0.29, 0.717) is 5.75 Å². The normalized spacial score (nSPS) is 12.3. The molecule has 19 heavy (non-hydrogen) atoms. The second kappa shape index (κ2) is 5.41. The number of aromatic nitrogens is 1. The minimum Gasteiger partial charge on any atom is -0.495 e. The van der Waals surface area contributed by atoms with E-state index in [1.807, 2.05) is 19.9 Å². The Morgan fingerprint density at radius 2 is 1.68 bits per heavy atom. The van der Waals surface area contributed by atoms with Crippen molar-refractivity contribution >= 4 is 0 Å². The number of hydrogen-bond acceptors (Lipinski definition) is 3. The molecule has 0 spiro atoms. The molecule has 1 N–H and O–H groups in total. The predicted molar refractivity (Wildman–Crippen MR) is 75.5 cm³/mol. The van der Waals surface area contributed by atoms with Gasteiger partial charge >= 0.3 is 0 Å². The zero-order chi connectivity index (χ0) is 14.0. The van der Waals surface area contributed by atoms with E-state index < -0.39 is 6.10 Å². The topological polar surface area (TPSA) is 42.4 Å². The lowest BCUT2D eigenvalue weighted by Crippen LogP contribution is -2.06. The van der Waals surface area contributed by atoms with E-state index in [1.165, 1.54) is 5.56 Å². The minimum absolute atomic E-state index is 0.652. The van der Waals surface area contributed by atoms with Crippen LogP contribution >= 0.6 is 0 Å². The molecule has 0 bridgehead atoms. The van der Waals surface area contributed by atoms with E-state index in [1.54, 1.807) is 19.5 Å². The average Bonchev–Trinajstić information content (AvgIpc) is 2.37. The number of pyridine rings is 1. The van der Waals surface area contributed by atoms with Gasteiger partial charge in [-0.2, -0.15) is 0 Å². The number of nitrogens with zero attached hydrogens (tertiary/aromatic N) is 1. The highest BCUT2D eigenvalue weighted by Crippen LogP contribution is 2.29. The Balaban J connectivity index is 2.46. The molecule has 0 amide bonds. The van der Waals surface area contributed by atoms with Crippen molar-refractivity contribution < 1.29 is 9.84 Å². The van der Waals surface area contributed by atoms with Gasteiger partial charge in [0.25, 0.3) is 0 Å². The number of aliphatic hydroxyl groups is 1. The fourth-order valence-electron chi connectivity index (χ4n) is 2.49. The van der Waals surface area contributed by atoms with Gasteiger partial charge in [0.2, 0.25) is 0 Å². The van der Waals surface area contributed by atoms with Crippen LogP contribution in [0.25, 0.3) is 0 Å². The minimum atomic E-state index is -0.678. The van der Waals surface area contributed by atoms with Crippen molar-refractivity contribution in [2.24, 2.45) is 0 Å². The van der Waals surface area contributed by atoms with Gasteiger partial charge in [-0.15, -0.1) is 0 Å². The highest BCUT2D eigenvalue weighted by molar-refractivity contribution is 5.43. The van der Waals surface area contributed by atoms with E-state index in [0.717, 1.165) is 22.3 Å². The number of ether oxygens (including phenoxy) is 1. The van der Waals surface area contributed by atoms with Gasteiger partial charge in [-0.3, -0.25) is 4.98 Å². The van der Waals surface area contributed by atoms with Crippen molar-refractivity contribution in [2.45, 2.75) is 26.9 Å². The molecule has 1 aromatic heterocycles. The number of rotatable bonds is 3. The Hall–Kier alpha value is -1.87. The summed E-state index contributed by atoms with van der Waals surface area (Å²) in [4.78, 5) is 4.09. The summed E-state index contributed by atoms with van der Waals surface area (Å²) in [5, 5.41) is 10.6. The van der Waals surface area contributed by atoms with Crippen molar-refractivity contribution in [3.63, 3.8) is 0 Å². The molecule has 2 rings (SSSR count). The maximum Gasteiger partial charge on any atom is 0.137 e. The van der Waals surface area contributed by atoms with Crippen LogP contribution in [0.1, 0.15) is 33.9 Å². The lowest BCUT2D eigenvalue weighted by Gasteiger charge is -2.18. The highest BCUT2D eigenvalue weighted by Gasteiger charge is 2.16. The molecule has 0 saturated heterocycles. The second-order valence-corrected chi connectivity index (χ2v) is 4.87. The quantitative estimate of drug-likeness (QED) is 0.918. The molecule has 100 valence electrons. The third-order valence-corrected chi connectivity index (χ3v) is 3.30. The molecule has 0 aliphatic carbocycles. The number of methoxy groups -OCH3 is 1. The van der Waals surface area contributed by atoms with E-state index in [4.69, 9.17) is 4.74 Å². The van der Waals surface area contributed by atoms with Crippen molar-refractivity contribution in [3.05, 3.63) is 58.4 Å². The summed E-state index contributed by atoms with van der Waals surface area (Å²) in [5.41, 5.74) is 5.07. The van der Waals surface area contributed by atoms with Crippen LogP contribution < -0.4 is 4.74 Å². The van der Waals surface area contributed by atoms with Gasteiger partial charge in [0, 0.05) is 11.8 Å². The summed E-state index contributed by atoms with van der Waals surface area (Å²) in [7, 11) is 1.59. The highest BCUT2D eigenvalue weighted by atomic mass is 16.5. The first kappa shape index (κ1) is 13.6. The van der Waals surface area contributed by atoms with Crippen LogP contribution in [-0.2, 0) is 0 Å². The number of aryl methyl sites for hydroxylation is 3. The van der Waals surface area contributed by atoms with Gasteiger partial charge in [0.1, 0.15) is 11.9 Å². The van der Waals surface area contributed by atoms with Crippen molar-refractivity contribution in [2.75, 3.05) is 7.11 Å². The van der Waals surface area contributed by atoms with Gasteiger partial charge in [0.05, 0.1) is 13.3 Å². The second-order valence-electron chi connectivity index (χ2n) is 4.87. The summed E-state index contributed by atoms with van der Waals surface area (Å²) < 4.78 is 5.15. The number of hydrogen-bond donors (Lipinski definition) is 1. The Morgan fingerprint density at radius 1 is 1.05 bits per heavy atom. The molecular weight excluding hydrogens is 238 g/mol. The predicted octanol–water partition coefficient (Wildman–Crippen LogP) is 3.10. The first-order valence-electron chi connectivity index (χ1n) is 6.27. The summed E-state index contributed by atoms with van der Waals surface area (Å²) in [5.74, 6) is 0.652. The zero-order valence-electron chi connectivity index (χ0n) is 11.8. The number of benzene rings is 1. The molecule has 0 fully saturated rings. The van der Waals surface area contributed by atoms with Crippen LogP contribution in [0.5, 0.6) is 5.75 Å². The summed E-state index contributed by atoms with van der Waals surface area (Å²) in [6.07, 6.45) is 2.62.